The average molecular weight is 288 g/mol. The molecule has 19 heavy (non-hydrogen) atoms. The summed E-state index contributed by atoms with van der Waals surface area (Å²) in [5, 5.41) is 2.93. The van der Waals surface area contributed by atoms with Gasteiger partial charge in [-0.1, -0.05) is 11.6 Å². The van der Waals surface area contributed by atoms with Crippen molar-refractivity contribution in [2.45, 2.75) is 18.9 Å². The molecule has 0 bridgehead atoms. The molecule has 0 saturated carbocycles. The van der Waals surface area contributed by atoms with Gasteiger partial charge < -0.3 is 14.8 Å². The lowest BCUT2D eigenvalue weighted by atomic mass is 10.2. The third-order valence-corrected chi connectivity index (χ3v) is 3.07. The van der Waals surface area contributed by atoms with Crippen molar-refractivity contribution in [3.05, 3.63) is 29.0 Å². The molecule has 1 saturated heterocycles. The minimum absolute atomic E-state index is 0.119. The van der Waals surface area contributed by atoms with E-state index in [1.807, 2.05) is 0 Å². The molecule has 0 aromatic heterocycles. The summed E-state index contributed by atoms with van der Waals surface area (Å²) < 4.78 is 23.4. The zero-order valence-electron chi connectivity index (χ0n) is 10.3. The lowest BCUT2D eigenvalue weighted by Gasteiger charge is -2.11. The van der Waals surface area contributed by atoms with Crippen LogP contribution < -0.4 is 10.1 Å². The maximum Gasteiger partial charge on any atom is 0.249 e. The largest absolute Gasteiger partial charge is 0.490 e. The Morgan fingerprint density at radius 3 is 3.11 bits per heavy atom. The van der Waals surface area contributed by atoms with Crippen molar-refractivity contribution in [3.63, 3.8) is 0 Å². The van der Waals surface area contributed by atoms with Gasteiger partial charge in [-0.15, -0.1) is 0 Å². The van der Waals surface area contributed by atoms with Gasteiger partial charge in [-0.25, -0.2) is 4.39 Å². The lowest BCUT2D eigenvalue weighted by molar-refractivity contribution is -0.130. The number of hydrogen-bond donors (Lipinski definition) is 1. The summed E-state index contributed by atoms with van der Waals surface area (Å²) in [6, 6.07) is 3.91. The maximum absolute atomic E-state index is 12.8. The van der Waals surface area contributed by atoms with E-state index in [0.29, 0.717) is 18.9 Å². The number of carbonyl (C=O) groups is 1. The summed E-state index contributed by atoms with van der Waals surface area (Å²) in [5.74, 6) is -0.134. The van der Waals surface area contributed by atoms with Crippen LogP contribution in [0.2, 0.25) is 5.02 Å². The van der Waals surface area contributed by atoms with E-state index in [9.17, 15) is 9.18 Å². The van der Waals surface area contributed by atoms with Gasteiger partial charge in [-0.2, -0.15) is 0 Å². The molecule has 104 valence electrons. The van der Waals surface area contributed by atoms with Crippen molar-refractivity contribution in [2.24, 2.45) is 0 Å². The molecule has 1 aliphatic heterocycles. The predicted octanol–water partition coefficient (Wildman–Crippen LogP) is 2.15. The number of rotatable bonds is 5. The van der Waals surface area contributed by atoms with E-state index in [0.717, 1.165) is 12.8 Å². The van der Waals surface area contributed by atoms with Crippen LogP contribution in [-0.4, -0.2) is 31.8 Å². The van der Waals surface area contributed by atoms with Gasteiger partial charge in [-0.3, -0.25) is 4.79 Å². The average Bonchev–Trinajstić information content (AvgIpc) is 2.90. The van der Waals surface area contributed by atoms with E-state index in [-0.39, 0.29) is 23.6 Å². The molecule has 2 rings (SSSR count). The Balaban J connectivity index is 1.70. The molecule has 0 spiro atoms. The molecule has 1 aliphatic rings. The molecule has 1 amide bonds. The zero-order chi connectivity index (χ0) is 13.7. The summed E-state index contributed by atoms with van der Waals surface area (Å²) in [7, 11) is 0. The normalized spacial score (nSPS) is 18.3. The molecule has 1 unspecified atom stereocenters. The van der Waals surface area contributed by atoms with E-state index in [1.54, 1.807) is 0 Å². The number of halogens is 2. The lowest BCUT2D eigenvalue weighted by Crippen LogP contribution is -2.36. The van der Waals surface area contributed by atoms with Crippen LogP contribution in [0.3, 0.4) is 0 Å². The first-order chi connectivity index (χ1) is 9.16. The van der Waals surface area contributed by atoms with Crippen molar-refractivity contribution in [1.82, 2.24) is 5.32 Å². The smallest absolute Gasteiger partial charge is 0.249 e. The topological polar surface area (TPSA) is 47.6 Å². The molecule has 6 heteroatoms. The molecular weight excluding hydrogens is 273 g/mol. The highest BCUT2D eigenvalue weighted by molar-refractivity contribution is 6.32. The minimum atomic E-state index is -0.413. The van der Waals surface area contributed by atoms with Crippen LogP contribution in [-0.2, 0) is 9.53 Å². The quantitative estimate of drug-likeness (QED) is 0.844. The van der Waals surface area contributed by atoms with Crippen LogP contribution in [0, 0.1) is 5.82 Å². The standard InChI is InChI=1S/C13H15ClFNO3/c14-10-8-9(15)3-4-11(10)19-7-5-16-13(17)12-2-1-6-18-12/h3-4,8,12H,1-2,5-7H2,(H,16,17). The van der Waals surface area contributed by atoms with Gasteiger partial charge in [0.2, 0.25) is 5.91 Å². The number of nitrogens with one attached hydrogen (secondary N) is 1. The third kappa shape index (κ3) is 4.08. The second-order valence-corrected chi connectivity index (χ2v) is 4.62. The van der Waals surface area contributed by atoms with Crippen LogP contribution in [0.25, 0.3) is 0 Å². The highest BCUT2D eigenvalue weighted by atomic mass is 35.5. The van der Waals surface area contributed by atoms with Gasteiger partial charge in [0, 0.05) is 6.61 Å². The van der Waals surface area contributed by atoms with Gasteiger partial charge in [0.15, 0.2) is 0 Å². The third-order valence-electron chi connectivity index (χ3n) is 2.77. The van der Waals surface area contributed by atoms with Gasteiger partial charge >= 0.3 is 0 Å². The Bertz CT molecular complexity index is 450. The Morgan fingerprint density at radius 2 is 2.42 bits per heavy atom. The van der Waals surface area contributed by atoms with Crippen LogP contribution in [0.1, 0.15) is 12.8 Å². The number of benzene rings is 1. The monoisotopic (exact) mass is 287 g/mol. The van der Waals surface area contributed by atoms with Crippen molar-refractivity contribution in [1.29, 1.82) is 0 Å². The van der Waals surface area contributed by atoms with Crippen molar-refractivity contribution in [3.8, 4) is 5.75 Å². The molecular formula is C13H15ClFNO3. The molecule has 1 heterocycles. The van der Waals surface area contributed by atoms with Gasteiger partial charge in [0.1, 0.15) is 24.3 Å². The molecule has 1 atom stereocenters. The van der Waals surface area contributed by atoms with Crippen LogP contribution in [0.15, 0.2) is 18.2 Å². The SMILES string of the molecule is O=C(NCCOc1ccc(F)cc1Cl)C1CCCO1. The Labute approximate surface area is 115 Å². The fourth-order valence-electron chi connectivity index (χ4n) is 1.83. The Kier molecular flexibility index (Phi) is 4.99. The number of amides is 1. The summed E-state index contributed by atoms with van der Waals surface area (Å²) >= 11 is 5.80. The molecule has 0 aliphatic carbocycles. The summed E-state index contributed by atoms with van der Waals surface area (Å²) in [6.45, 7) is 1.26. The van der Waals surface area contributed by atoms with Crippen molar-refractivity contribution >= 4 is 17.5 Å². The van der Waals surface area contributed by atoms with E-state index in [2.05, 4.69) is 5.32 Å². The van der Waals surface area contributed by atoms with Crippen molar-refractivity contribution < 1.29 is 18.7 Å². The van der Waals surface area contributed by atoms with E-state index in [1.165, 1.54) is 18.2 Å². The highest BCUT2D eigenvalue weighted by Gasteiger charge is 2.22. The Morgan fingerprint density at radius 1 is 1.58 bits per heavy atom. The van der Waals surface area contributed by atoms with E-state index >= 15 is 0 Å². The molecule has 4 nitrogen and oxygen atoms in total. The number of hydrogen-bond acceptors (Lipinski definition) is 3. The summed E-state index contributed by atoms with van der Waals surface area (Å²) in [5.41, 5.74) is 0. The maximum atomic E-state index is 12.8. The number of carbonyl (C=O) groups excluding carboxylic acids is 1. The van der Waals surface area contributed by atoms with Crippen LogP contribution in [0.4, 0.5) is 4.39 Å². The molecule has 1 aromatic carbocycles. The first kappa shape index (κ1) is 14.1. The van der Waals surface area contributed by atoms with Crippen LogP contribution in [0.5, 0.6) is 5.75 Å². The van der Waals surface area contributed by atoms with Gasteiger partial charge in [-0.05, 0) is 31.0 Å². The number of ether oxygens (including phenoxy) is 2. The molecule has 1 aromatic rings. The molecule has 0 radical (unpaired) electrons. The second kappa shape index (κ2) is 6.73. The Hall–Kier alpha value is -1.33. The molecule has 1 fully saturated rings. The van der Waals surface area contributed by atoms with Crippen molar-refractivity contribution in [2.75, 3.05) is 19.8 Å². The summed E-state index contributed by atoms with van der Waals surface area (Å²) in [4.78, 5) is 11.6. The highest BCUT2D eigenvalue weighted by Crippen LogP contribution is 2.24. The minimum Gasteiger partial charge on any atom is -0.490 e. The fraction of sp³-hybridized carbons (Fsp3) is 0.462. The predicted molar refractivity (Wildman–Crippen MR) is 68.9 cm³/mol. The first-order valence-electron chi connectivity index (χ1n) is 6.14. The van der Waals surface area contributed by atoms with E-state index < -0.39 is 5.82 Å². The molecule has 1 N–H and O–H groups in total. The second-order valence-electron chi connectivity index (χ2n) is 4.22. The first-order valence-corrected chi connectivity index (χ1v) is 6.52. The summed E-state index contributed by atoms with van der Waals surface area (Å²) in [6.07, 6.45) is 1.34. The van der Waals surface area contributed by atoms with Gasteiger partial charge in [0.05, 0.1) is 11.6 Å². The van der Waals surface area contributed by atoms with Crippen LogP contribution >= 0.6 is 11.6 Å². The van der Waals surface area contributed by atoms with E-state index in [4.69, 9.17) is 21.1 Å². The fourth-order valence-corrected chi connectivity index (χ4v) is 2.05. The zero-order valence-corrected chi connectivity index (χ0v) is 11.1. The van der Waals surface area contributed by atoms with Gasteiger partial charge in [0.25, 0.3) is 0 Å².